The largest absolute Gasteiger partial charge is 0.379 e. The van der Waals surface area contributed by atoms with Crippen molar-refractivity contribution >= 4 is 29.2 Å². The number of para-hydroxylation sites is 1. The maximum Gasteiger partial charge on any atom is 0.237 e. The van der Waals surface area contributed by atoms with Gasteiger partial charge in [0.05, 0.1) is 18.8 Å². The van der Waals surface area contributed by atoms with Gasteiger partial charge in [-0.2, -0.15) is 0 Å². The number of fused-ring (bicyclic) bond motifs is 1. The molecule has 0 bridgehead atoms. The number of unbranched alkanes of at least 4 members (excludes halogenated alkanes) is 22. The summed E-state index contributed by atoms with van der Waals surface area (Å²) in [6.07, 6.45) is 34.3. The Bertz CT molecular complexity index is 1020. The second-order valence-corrected chi connectivity index (χ2v) is 14.3. The highest BCUT2D eigenvalue weighted by atomic mass is 35.5. The van der Waals surface area contributed by atoms with Crippen molar-refractivity contribution in [3.8, 4) is 0 Å². The molecule has 1 aromatic carbocycles. The summed E-state index contributed by atoms with van der Waals surface area (Å²) < 4.78 is 12.3. The Labute approximate surface area is 307 Å². The van der Waals surface area contributed by atoms with E-state index in [2.05, 4.69) is 30.2 Å². The molecule has 0 aliphatic rings. The Hall–Kier alpha value is -1.60. The van der Waals surface area contributed by atoms with Crippen molar-refractivity contribution in [3.05, 3.63) is 36.0 Å². The summed E-state index contributed by atoms with van der Waals surface area (Å²) in [5.41, 5.74) is 8.48. The molecule has 2 rings (SSSR count). The van der Waals surface area contributed by atoms with Gasteiger partial charge in [-0.3, -0.25) is 4.79 Å². The number of aromatic nitrogens is 1. The Morgan fingerprint density at radius 3 is 1.69 bits per heavy atom. The van der Waals surface area contributed by atoms with E-state index in [0.29, 0.717) is 26.2 Å². The average molecular weight is 707 g/mol. The topological polar surface area (TPSA) is 89.4 Å². The molecule has 7 heteroatoms. The van der Waals surface area contributed by atoms with Gasteiger partial charge >= 0.3 is 0 Å². The van der Waals surface area contributed by atoms with Crippen LogP contribution in [0.2, 0.25) is 0 Å². The van der Waals surface area contributed by atoms with Crippen LogP contribution in [-0.2, 0) is 20.7 Å². The lowest BCUT2D eigenvalue weighted by Crippen LogP contribution is -2.45. The fourth-order valence-electron chi connectivity index (χ4n) is 6.59. The standard InChI is InChI=1S/C42H75N3O3.ClH/c1-3-5-7-9-11-13-15-17-19-21-23-27-31-47-36-38(48-32-28-24-22-20-18-16-14-12-10-8-6-4-2)35-45-42(46)40(43)33-37-34-44-41-30-26-25-29-39(37)41;/h25-26,29-30,34,38,40,44H,3-24,27-28,31-33,35-36,43H2,1-2H3,(H,45,46);1H/t38?,40-;/m1./s1. The average Bonchev–Trinajstić information content (AvgIpc) is 3.51. The minimum Gasteiger partial charge on any atom is -0.379 e. The van der Waals surface area contributed by atoms with Gasteiger partial charge in [0.1, 0.15) is 0 Å². The minimum atomic E-state index is -0.608. The summed E-state index contributed by atoms with van der Waals surface area (Å²) in [5.74, 6) is -0.139. The first kappa shape index (κ1) is 45.4. The molecule has 0 aliphatic carbocycles. The Morgan fingerprint density at radius 1 is 0.694 bits per heavy atom. The molecule has 284 valence electrons. The third-order valence-electron chi connectivity index (χ3n) is 9.75. The smallest absolute Gasteiger partial charge is 0.237 e. The van der Waals surface area contributed by atoms with Gasteiger partial charge in [0.25, 0.3) is 0 Å². The summed E-state index contributed by atoms with van der Waals surface area (Å²) in [6.45, 7) is 6.96. The van der Waals surface area contributed by atoms with Crippen molar-refractivity contribution in [2.75, 3.05) is 26.4 Å². The van der Waals surface area contributed by atoms with Gasteiger partial charge in [0, 0.05) is 36.9 Å². The van der Waals surface area contributed by atoms with Gasteiger partial charge in [-0.15, -0.1) is 12.4 Å². The monoisotopic (exact) mass is 706 g/mol. The molecule has 1 aromatic heterocycles. The molecular formula is C42H76ClN3O3. The fourth-order valence-corrected chi connectivity index (χ4v) is 6.59. The number of H-pyrrole nitrogens is 1. The number of aromatic amines is 1. The summed E-state index contributed by atoms with van der Waals surface area (Å²) >= 11 is 0. The van der Waals surface area contributed by atoms with Gasteiger partial charge in [-0.05, 0) is 30.9 Å². The molecule has 2 aromatic rings. The summed E-state index contributed by atoms with van der Waals surface area (Å²) in [5, 5.41) is 4.18. The lowest BCUT2D eigenvalue weighted by molar-refractivity contribution is -0.123. The van der Waals surface area contributed by atoms with E-state index in [9.17, 15) is 4.79 Å². The molecule has 0 radical (unpaired) electrons. The quantitative estimate of drug-likeness (QED) is 0.0632. The number of nitrogens with one attached hydrogen (secondary N) is 2. The molecule has 0 fully saturated rings. The highest BCUT2D eigenvalue weighted by Gasteiger charge is 2.18. The number of hydrogen-bond donors (Lipinski definition) is 3. The third kappa shape index (κ3) is 23.5. The molecule has 0 saturated carbocycles. The SMILES string of the molecule is CCCCCCCCCCCCCCOCC(CNC(=O)[C@H](N)Cc1c[nH]c2ccccc12)OCCCCCCCCCCCCCC.Cl. The van der Waals surface area contributed by atoms with Gasteiger partial charge in [0.15, 0.2) is 0 Å². The van der Waals surface area contributed by atoms with Crippen molar-refractivity contribution in [1.82, 2.24) is 10.3 Å². The number of carbonyl (C=O) groups excluding carboxylic acids is 1. The number of hydrogen-bond acceptors (Lipinski definition) is 4. The van der Waals surface area contributed by atoms with E-state index in [4.69, 9.17) is 15.2 Å². The molecule has 0 spiro atoms. The van der Waals surface area contributed by atoms with Crippen LogP contribution in [0.5, 0.6) is 0 Å². The van der Waals surface area contributed by atoms with E-state index in [-0.39, 0.29) is 24.4 Å². The fraction of sp³-hybridized carbons (Fsp3) is 0.786. The van der Waals surface area contributed by atoms with Crippen molar-refractivity contribution in [3.63, 3.8) is 0 Å². The van der Waals surface area contributed by atoms with Crippen molar-refractivity contribution in [1.29, 1.82) is 0 Å². The van der Waals surface area contributed by atoms with E-state index >= 15 is 0 Å². The number of rotatable bonds is 34. The normalized spacial score (nSPS) is 12.6. The summed E-state index contributed by atoms with van der Waals surface area (Å²) in [6, 6.07) is 7.52. The first-order valence-corrected chi connectivity index (χ1v) is 20.4. The Morgan fingerprint density at radius 2 is 1.16 bits per heavy atom. The van der Waals surface area contributed by atoms with Crippen LogP contribution in [0.15, 0.2) is 30.5 Å². The van der Waals surface area contributed by atoms with Crippen LogP contribution in [0.4, 0.5) is 0 Å². The van der Waals surface area contributed by atoms with E-state index in [1.165, 1.54) is 141 Å². The molecule has 2 atom stereocenters. The van der Waals surface area contributed by atoms with Gasteiger partial charge in [-0.25, -0.2) is 0 Å². The maximum absolute atomic E-state index is 13.0. The predicted molar refractivity (Wildman–Crippen MR) is 213 cm³/mol. The lowest BCUT2D eigenvalue weighted by Gasteiger charge is -2.20. The number of ether oxygens (including phenoxy) is 2. The van der Waals surface area contributed by atoms with E-state index in [1.54, 1.807) is 0 Å². The molecule has 1 unspecified atom stereocenters. The van der Waals surface area contributed by atoms with Crippen molar-refractivity contribution < 1.29 is 14.3 Å². The first-order valence-electron chi connectivity index (χ1n) is 20.4. The van der Waals surface area contributed by atoms with E-state index < -0.39 is 6.04 Å². The molecule has 6 nitrogen and oxygen atoms in total. The number of halogens is 1. The van der Waals surface area contributed by atoms with Gasteiger partial charge < -0.3 is 25.5 Å². The zero-order valence-corrected chi connectivity index (χ0v) is 32.6. The van der Waals surface area contributed by atoms with Crippen LogP contribution in [-0.4, -0.2) is 49.4 Å². The minimum absolute atomic E-state index is 0. The highest BCUT2D eigenvalue weighted by molar-refractivity contribution is 5.86. The van der Waals surface area contributed by atoms with Crippen LogP contribution < -0.4 is 11.1 Å². The van der Waals surface area contributed by atoms with Crippen molar-refractivity contribution in [2.24, 2.45) is 5.73 Å². The first-order chi connectivity index (χ1) is 23.7. The molecular weight excluding hydrogens is 630 g/mol. The molecule has 0 aliphatic heterocycles. The predicted octanol–water partition coefficient (Wildman–Crippen LogP) is 11.4. The number of benzene rings is 1. The number of amides is 1. The second-order valence-electron chi connectivity index (χ2n) is 14.3. The summed E-state index contributed by atoms with van der Waals surface area (Å²) in [4.78, 5) is 16.2. The van der Waals surface area contributed by atoms with Gasteiger partial charge in [0.2, 0.25) is 5.91 Å². The zero-order valence-electron chi connectivity index (χ0n) is 31.8. The van der Waals surface area contributed by atoms with Crippen LogP contribution >= 0.6 is 12.4 Å². The second kappa shape index (κ2) is 32.3. The molecule has 1 heterocycles. The maximum atomic E-state index is 13.0. The molecule has 0 saturated heterocycles. The van der Waals surface area contributed by atoms with E-state index in [1.807, 2.05) is 24.4 Å². The molecule has 4 N–H and O–H groups in total. The van der Waals surface area contributed by atoms with Crippen LogP contribution in [0.25, 0.3) is 10.9 Å². The Balaban J connectivity index is 0.0000120. The van der Waals surface area contributed by atoms with Crippen LogP contribution in [0.1, 0.15) is 174 Å². The summed E-state index contributed by atoms with van der Waals surface area (Å²) in [7, 11) is 0. The van der Waals surface area contributed by atoms with Gasteiger partial charge in [-0.1, -0.05) is 173 Å². The molecule has 49 heavy (non-hydrogen) atoms. The number of carbonyl (C=O) groups is 1. The lowest BCUT2D eigenvalue weighted by atomic mass is 10.1. The highest BCUT2D eigenvalue weighted by Crippen LogP contribution is 2.19. The number of nitrogens with two attached hydrogens (primary N) is 1. The van der Waals surface area contributed by atoms with Crippen LogP contribution in [0.3, 0.4) is 0 Å². The Kier molecular flexibility index (Phi) is 30.0. The zero-order chi connectivity index (χ0) is 34.3. The third-order valence-corrected chi connectivity index (χ3v) is 9.75. The van der Waals surface area contributed by atoms with Crippen LogP contribution in [0, 0.1) is 0 Å². The van der Waals surface area contributed by atoms with Crippen molar-refractivity contribution in [2.45, 2.75) is 187 Å². The van der Waals surface area contributed by atoms with E-state index in [0.717, 1.165) is 35.9 Å². The molecule has 1 amide bonds.